The average Bonchev–Trinajstić information content (AvgIpc) is 3.83. The van der Waals surface area contributed by atoms with E-state index in [1.54, 1.807) is 11.3 Å². The highest BCUT2D eigenvalue weighted by molar-refractivity contribution is 7.25. The Hall–Kier alpha value is -6.56. The van der Waals surface area contributed by atoms with Crippen LogP contribution in [0.3, 0.4) is 0 Å². The highest BCUT2D eigenvalue weighted by Crippen LogP contribution is 2.51. The maximum atomic E-state index is 6.57. The predicted octanol–water partition coefficient (Wildman–Crippen LogP) is 12.9. The fourth-order valence-corrected chi connectivity index (χ4v) is 10.1. The van der Waals surface area contributed by atoms with Crippen molar-refractivity contribution in [2.24, 2.45) is 0 Å². The average molecular weight is 666 g/mol. The van der Waals surface area contributed by atoms with Crippen LogP contribution in [0.5, 0.6) is 0 Å². The summed E-state index contributed by atoms with van der Waals surface area (Å²) in [5.41, 5.74) is 9.35. The molecule has 0 amide bonds. The molecule has 0 saturated heterocycles. The molecule has 0 spiro atoms. The maximum Gasteiger partial charge on any atom is 0.165 e. The lowest BCUT2D eigenvalue weighted by Gasteiger charge is -2.15. The Morgan fingerprint density at radius 2 is 1.10 bits per heavy atom. The molecule has 0 unspecified atom stereocenters. The molecule has 1 aliphatic carbocycles. The van der Waals surface area contributed by atoms with Crippen LogP contribution in [0.4, 0.5) is 0 Å². The SMILES string of the molecule is c1ccc2c(-c3nc4sc5ccc6ccccc6c5c4nc3-n3c4ccc5cccc6c5c4c4c5c(ccc43)oc3cccc-6c35)cccc2c1. The molecule has 13 rings (SSSR count). The third-order valence-electron chi connectivity index (χ3n) is 11.1. The third-order valence-corrected chi connectivity index (χ3v) is 12.2. The van der Waals surface area contributed by atoms with Gasteiger partial charge in [0.15, 0.2) is 5.82 Å². The summed E-state index contributed by atoms with van der Waals surface area (Å²) < 4.78 is 10.1. The van der Waals surface area contributed by atoms with Crippen molar-refractivity contribution in [2.45, 2.75) is 0 Å². The Morgan fingerprint density at radius 3 is 1.98 bits per heavy atom. The summed E-state index contributed by atoms with van der Waals surface area (Å²) in [5, 5.41) is 13.2. The largest absolute Gasteiger partial charge is 0.456 e. The molecule has 1 aliphatic rings. The van der Waals surface area contributed by atoms with Gasteiger partial charge in [-0.15, -0.1) is 11.3 Å². The summed E-state index contributed by atoms with van der Waals surface area (Å²) in [6.07, 6.45) is 0. The van der Waals surface area contributed by atoms with E-state index in [2.05, 4.69) is 144 Å². The number of furan rings is 1. The van der Waals surface area contributed by atoms with E-state index in [-0.39, 0.29) is 0 Å². The van der Waals surface area contributed by atoms with Gasteiger partial charge in [-0.1, -0.05) is 109 Å². The maximum absolute atomic E-state index is 6.57. The Labute approximate surface area is 293 Å². The molecule has 4 nitrogen and oxygen atoms in total. The van der Waals surface area contributed by atoms with Crippen molar-refractivity contribution in [1.82, 2.24) is 14.5 Å². The van der Waals surface area contributed by atoms with E-state index in [0.29, 0.717) is 0 Å². The molecule has 234 valence electrons. The minimum atomic E-state index is 0.830. The van der Waals surface area contributed by atoms with Crippen LogP contribution in [0.1, 0.15) is 0 Å². The van der Waals surface area contributed by atoms with Gasteiger partial charge < -0.3 is 4.42 Å². The number of nitrogens with zero attached hydrogens (tertiary/aromatic N) is 3. The first-order valence-electron chi connectivity index (χ1n) is 17.3. The lowest BCUT2D eigenvalue weighted by Crippen LogP contribution is -2.03. The highest BCUT2D eigenvalue weighted by Gasteiger charge is 2.28. The fraction of sp³-hybridized carbons (Fsp3) is 0. The van der Waals surface area contributed by atoms with Gasteiger partial charge in [-0.05, 0) is 73.8 Å². The van der Waals surface area contributed by atoms with Gasteiger partial charge in [-0.2, -0.15) is 0 Å². The summed E-state index contributed by atoms with van der Waals surface area (Å²) in [4.78, 5) is 12.3. The van der Waals surface area contributed by atoms with Gasteiger partial charge >= 0.3 is 0 Å². The molecule has 0 aliphatic heterocycles. The van der Waals surface area contributed by atoms with Crippen LogP contribution in [0.25, 0.3) is 125 Å². The first kappa shape index (κ1) is 26.3. The number of aromatic nitrogens is 3. The smallest absolute Gasteiger partial charge is 0.165 e. The first-order valence-corrected chi connectivity index (χ1v) is 18.1. The number of hydrogen-bond acceptors (Lipinski definition) is 4. The van der Waals surface area contributed by atoms with Crippen LogP contribution in [0, 0.1) is 0 Å². The van der Waals surface area contributed by atoms with Crippen LogP contribution < -0.4 is 0 Å². The number of fused-ring (bicyclic) bond motifs is 7. The van der Waals surface area contributed by atoms with Crippen LogP contribution in [0.15, 0.2) is 144 Å². The standard InChI is InChI=1S/C46H23N3OS/c1-3-12-27-24(8-1)10-5-16-31(27)43-45(47-44-39-28-13-4-2-9-25(28)19-23-36(39)51-46(44)48-43)49-32-20-18-26-11-6-14-29-30-15-7-17-34-38(30)42-35(50-34)22-21-33(49)41(42)40(32)37(26)29/h1-23H. The van der Waals surface area contributed by atoms with Gasteiger partial charge in [0.25, 0.3) is 0 Å². The molecule has 4 heterocycles. The summed E-state index contributed by atoms with van der Waals surface area (Å²) in [6, 6.07) is 50.2. The predicted molar refractivity (Wildman–Crippen MR) is 213 cm³/mol. The van der Waals surface area contributed by atoms with Crippen LogP contribution in [-0.4, -0.2) is 14.5 Å². The van der Waals surface area contributed by atoms with E-state index in [1.807, 2.05) is 0 Å². The molecule has 4 aromatic heterocycles. The van der Waals surface area contributed by atoms with Crippen molar-refractivity contribution >= 4 is 108 Å². The molecule has 0 atom stereocenters. The third kappa shape index (κ3) is 3.21. The van der Waals surface area contributed by atoms with Crippen molar-refractivity contribution in [1.29, 1.82) is 0 Å². The zero-order valence-corrected chi connectivity index (χ0v) is 27.8. The number of thiophene rings is 1. The minimum absolute atomic E-state index is 0.830. The number of benzene rings is 8. The van der Waals surface area contributed by atoms with E-state index in [1.165, 1.54) is 64.3 Å². The van der Waals surface area contributed by atoms with Crippen molar-refractivity contribution in [3.63, 3.8) is 0 Å². The summed E-state index contributed by atoms with van der Waals surface area (Å²) in [5.74, 6) is 0.830. The van der Waals surface area contributed by atoms with Crippen molar-refractivity contribution < 1.29 is 4.42 Å². The zero-order chi connectivity index (χ0) is 32.9. The van der Waals surface area contributed by atoms with E-state index < -0.39 is 0 Å². The van der Waals surface area contributed by atoms with Gasteiger partial charge in [0.2, 0.25) is 0 Å². The molecule has 0 N–H and O–H groups in total. The second-order valence-corrected chi connectivity index (χ2v) is 14.7. The van der Waals surface area contributed by atoms with Gasteiger partial charge in [0.05, 0.1) is 11.0 Å². The van der Waals surface area contributed by atoms with Crippen LogP contribution >= 0.6 is 11.3 Å². The lowest BCUT2D eigenvalue weighted by atomic mass is 9.95. The fourth-order valence-electron chi connectivity index (χ4n) is 9.05. The Kier molecular flexibility index (Phi) is 4.73. The van der Waals surface area contributed by atoms with E-state index in [0.717, 1.165) is 60.4 Å². The van der Waals surface area contributed by atoms with Gasteiger partial charge in [-0.25, -0.2) is 9.97 Å². The minimum Gasteiger partial charge on any atom is -0.456 e. The van der Waals surface area contributed by atoms with E-state index in [4.69, 9.17) is 14.4 Å². The Bertz CT molecular complexity index is 3540. The zero-order valence-electron chi connectivity index (χ0n) is 26.9. The normalized spacial score (nSPS) is 12.7. The molecule has 12 aromatic rings. The molecular formula is C46H23N3OS. The molecule has 51 heavy (non-hydrogen) atoms. The summed E-state index contributed by atoms with van der Waals surface area (Å²) >= 11 is 1.72. The first-order chi connectivity index (χ1) is 25.3. The number of rotatable bonds is 2. The molecule has 5 heteroatoms. The molecule has 0 bridgehead atoms. The van der Waals surface area contributed by atoms with Gasteiger partial charge in [0, 0.05) is 37.2 Å². The molecule has 0 saturated carbocycles. The second kappa shape index (κ2) is 9.16. The van der Waals surface area contributed by atoms with E-state index >= 15 is 0 Å². The summed E-state index contributed by atoms with van der Waals surface area (Å²) in [6.45, 7) is 0. The van der Waals surface area contributed by atoms with Gasteiger partial charge in [0.1, 0.15) is 27.2 Å². The highest BCUT2D eigenvalue weighted by atomic mass is 32.1. The van der Waals surface area contributed by atoms with Crippen molar-refractivity contribution in [2.75, 3.05) is 0 Å². The second-order valence-electron chi connectivity index (χ2n) is 13.7. The molecule has 0 radical (unpaired) electrons. The molecular weight excluding hydrogens is 643 g/mol. The van der Waals surface area contributed by atoms with Crippen molar-refractivity contribution in [3.05, 3.63) is 140 Å². The molecule has 8 aromatic carbocycles. The number of hydrogen-bond donors (Lipinski definition) is 0. The molecule has 0 fully saturated rings. The topological polar surface area (TPSA) is 43.9 Å². The van der Waals surface area contributed by atoms with Crippen LogP contribution in [0.2, 0.25) is 0 Å². The Morgan fingerprint density at radius 1 is 0.451 bits per heavy atom. The summed E-state index contributed by atoms with van der Waals surface area (Å²) in [7, 11) is 0. The van der Waals surface area contributed by atoms with E-state index in [9.17, 15) is 0 Å². The monoisotopic (exact) mass is 665 g/mol. The van der Waals surface area contributed by atoms with Crippen molar-refractivity contribution in [3.8, 4) is 28.2 Å². The quantitative estimate of drug-likeness (QED) is 0.185. The Balaban J connectivity index is 1.29. The van der Waals surface area contributed by atoms with Crippen LogP contribution in [-0.2, 0) is 0 Å². The van der Waals surface area contributed by atoms with Gasteiger partial charge in [-0.3, -0.25) is 4.57 Å². The lowest BCUT2D eigenvalue weighted by molar-refractivity contribution is 0.669.